The van der Waals surface area contributed by atoms with Crippen LogP contribution in [0.25, 0.3) is 11.1 Å². The van der Waals surface area contributed by atoms with Gasteiger partial charge in [-0.3, -0.25) is 14.3 Å². The standard InChI is InChI=1S/C13H13BN2O4/c1-6(14)8-4-9(17)20-11-10(8)12(18)16(13(19)15-11)5-7-2-3-7/h4,6-7H,2-3,5H2,1H3,(H,15,19)/t6-/m0/s1. The van der Waals surface area contributed by atoms with Gasteiger partial charge in [-0.25, -0.2) is 9.59 Å². The number of nitrogens with one attached hydrogen (secondary N) is 1. The lowest BCUT2D eigenvalue weighted by molar-refractivity contribution is 0.528. The van der Waals surface area contributed by atoms with E-state index < -0.39 is 22.7 Å². The van der Waals surface area contributed by atoms with Gasteiger partial charge in [-0.05, 0) is 24.3 Å². The zero-order chi connectivity index (χ0) is 14.4. The fourth-order valence-electron chi connectivity index (χ4n) is 2.30. The van der Waals surface area contributed by atoms with E-state index in [2.05, 4.69) is 4.98 Å². The van der Waals surface area contributed by atoms with Crippen molar-refractivity contribution in [1.29, 1.82) is 0 Å². The van der Waals surface area contributed by atoms with Crippen LogP contribution in [0.2, 0.25) is 0 Å². The molecule has 3 rings (SSSR count). The van der Waals surface area contributed by atoms with E-state index >= 15 is 0 Å². The van der Waals surface area contributed by atoms with Gasteiger partial charge in [0.25, 0.3) is 5.56 Å². The van der Waals surface area contributed by atoms with Crippen LogP contribution in [-0.2, 0) is 6.54 Å². The minimum Gasteiger partial charge on any atom is -0.405 e. The summed E-state index contributed by atoms with van der Waals surface area (Å²) in [6.07, 6.45) is 2.04. The van der Waals surface area contributed by atoms with Crippen molar-refractivity contribution in [2.75, 3.05) is 0 Å². The highest BCUT2D eigenvalue weighted by atomic mass is 16.4. The van der Waals surface area contributed by atoms with Crippen LogP contribution < -0.4 is 16.9 Å². The quantitative estimate of drug-likeness (QED) is 0.813. The normalized spacial score (nSPS) is 16.4. The van der Waals surface area contributed by atoms with E-state index in [1.165, 1.54) is 6.07 Å². The minimum absolute atomic E-state index is 0.105. The Kier molecular flexibility index (Phi) is 2.92. The number of hydrogen-bond acceptors (Lipinski definition) is 4. The fraction of sp³-hybridized carbons (Fsp3) is 0.462. The Labute approximate surface area is 114 Å². The molecule has 0 aliphatic heterocycles. The van der Waals surface area contributed by atoms with E-state index in [9.17, 15) is 14.4 Å². The fourth-order valence-corrected chi connectivity index (χ4v) is 2.30. The highest BCUT2D eigenvalue weighted by Crippen LogP contribution is 2.29. The molecule has 2 aromatic rings. The predicted octanol–water partition coefficient (Wildman–Crippen LogP) is 0.282. The van der Waals surface area contributed by atoms with E-state index in [-0.39, 0.29) is 11.1 Å². The number of aromatic nitrogens is 2. The highest BCUT2D eigenvalue weighted by molar-refractivity contribution is 6.13. The molecule has 0 unspecified atom stereocenters. The molecule has 0 amide bonds. The van der Waals surface area contributed by atoms with Crippen molar-refractivity contribution in [3.63, 3.8) is 0 Å². The van der Waals surface area contributed by atoms with Crippen molar-refractivity contribution in [3.8, 4) is 0 Å². The van der Waals surface area contributed by atoms with Crippen molar-refractivity contribution < 1.29 is 4.42 Å². The SMILES string of the molecule is [B][C@@H](C)c1cc(=O)oc2[nH]c(=O)n(CC3CC3)c(=O)c12. The molecule has 6 nitrogen and oxygen atoms in total. The monoisotopic (exact) mass is 272 g/mol. The van der Waals surface area contributed by atoms with E-state index in [0.29, 0.717) is 18.0 Å². The molecule has 1 atom stereocenters. The number of H-pyrrole nitrogens is 1. The topological polar surface area (TPSA) is 85.1 Å². The van der Waals surface area contributed by atoms with Gasteiger partial charge in [-0.15, -0.1) is 0 Å². The summed E-state index contributed by atoms with van der Waals surface area (Å²) in [7, 11) is 5.80. The van der Waals surface area contributed by atoms with Crippen LogP contribution in [0, 0.1) is 5.92 Å². The number of hydrogen-bond donors (Lipinski definition) is 1. The molecule has 1 N–H and O–H groups in total. The second-order valence-electron chi connectivity index (χ2n) is 5.30. The Bertz CT molecular complexity index is 842. The average Bonchev–Trinajstić information content (AvgIpc) is 3.16. The molecule has 0 bridgehead atoms. The van der Waals surface area contributed by atoms with Crippen molar-refractivity contribution in [1.82, 2.24) is 9.55 Å². The minimum atomic E-state index is -0.639. The maximum atomic E-state index is 12.5. The van der Waals surface area contributed by atoms with Crippen molar-refractivity contribution in [3.05, 3.63) is 42.9 Å². The van der Waals surface area contributed by atoms with Crippen molar-refractivity contribution >= 4 is 18.9 Å². The van der Waals surface area contributed by atoms with Gasteiger partial charge >= 0.3 is 11.3 Å². The van der Waals surface area contributed by atoms with Crippen molar-refractivity contribution in [2.24, 2.45) is 5.92 Å². The first-order chi connectivity index (χ1) is 9.47. The molecular weight excluding hydrogens is 259 g/mol. The lowest BCUT2D eigenvalue weighted by Crippen LogP contribution is -2.36. The molecular formula is C13H13BN2O4. The largest absolute Gasteiger partial charge is 0.405 e. The summed E-state index contributed by atoms with van der Waals surface area (Å²) in [5.41, 5.74) is -1.36. The van der Waals surface area contributed by atoms with Gasteiger partial charge < -0.3 is 4.42 Å². The van der Waals surface area contributed by atoms with Crippen LogP contribution in [0.3, 0.4) is 0 Å². The second-order valence-corrected chi connectivity index (χ2v) is 5.30. The molecule has 2 radical (unpaired) electrons. The molecule has 1 saturated carbocycles. The van der Waals surface area contributed by atoms with Crippen LogP contribution in [-0.4, -0.2) is 17.4 Å². The van der Waals surface area contributed by atoms with Gasteiger partial charge in [0.15, 0.2) is 0 Å². The Morgan fingerprint density at radius 3 is 2.75 bits per heavy atom. The summed E-state index contributed by atoms with van der Waals surface area (Å²) >= 11 is 0. The molecule has 0 saturated heterocycles. The van der Waals surface area contributed by atoms with Gasteiger partial charge in [-0.2, -0.15) is 0 Å². The second kappa shape index (κ2) is 4.50. The molecule has 1 fully saturated rings. The molecule has 2 aromatic heterocycles. The first kappa shape index (κ1) is 13.0. The molecule has 20 heavy (non-hydrogen) atoms. The van der Waals surface area contributed by atoms with E-state index in [1.807, 2.05) is 0 Å². The Balaban J connectivity index is 2.37. The van der Waals surface area contributed by atoms with Gasteiger partial charge in [0, 0.05) is 12.6 Å². The molecule has 0 spiro atoms. The zero-order valence-corrected chi connectivity index (χ0v) is 11.0. The third kappa shape index (κ3) is 2.13. The predicted molar refractivity (Wildman–Crippen MR) is 74.3 cm³/mol. The number of aromatic amines is 1. The van der Waals surface area contributed by atoms with Gasteiger partial charge in [0.05, 0.1) is 7.85 Å². The smallest absolute Gasteiger partial charge is 0.337 e. The molecule has 0 aromatic carbocycles. The Morgan fingerprint density at radius 1 is 1.45 bits per heavy atom. The number of rotatable bonds is 3. The van der Waals surface area contributed by atoms with Crippen LogP contribution in [0.5, 0.6) is 0 Å². The van der Waals surface area contributed by atoms with Crippen molar-refractivity contribution in [2.45, 2.75) is 32.1 Å². The van der Waals surface area contributed by atoms with E-state index in [1.54, 1.807) is 6.92 Å². The Morgan fingerprint density at radius 2 is 2.15 bits per heavy atom. The lowest BCUT2D eigenvalue weighted by Gasteiger charge is -2.10. The number of fused-ring (bicyclic) bond motifs is 1. The third-order valence-electron chi connectivity index (χ3n) is 3.54. The molecule has 7 heteroatoms. The van der Waals surface area contributed by atoms with Crippen LogP contribution in [0.1, 0.15) is 31.1 Å². The average molecular weight is 272 g/mol. The van der Waals surface area contributed by atoms with Crippen LogP contribution in [0.4, 0.5) is 0 Å². The zero-order valence-electron chi connectivity index (χ0n) is 11.0. The number of nitrogens with zero attached hydrogens (tertiary/aromatic N) is 1. The van der Waals surface area contributed by atoms with Gasteiger partial charge in [0.2, 0.25) is 5.71 Å². The van der Waals surface area contributed by atoms with E-state index in [0.717, 1.165) is 17.4 Å². The van der Waals surface area contributed by atoms with Gasteiger partial charge in [-0.1, -0.05) is 12.7 Å². The molecule has 102 valence electrons. The molecule has 1 aliphatic rings. The summed E-state index contributed by atoms with van der Waals surface area (Å²) in [6.45, 7) is 2.06. The third-order valence-corrected chi connectivity index (χ3v) is 3.54. The summed E-state index contributed by atoms with van der Waals surface area (Å²) < 4.78 is 6.07. The Hall–Kier alpha value is -2.05. The van der Waals surface area contributed by atoms with Crippen LogP contribution >= 0.6 is 0 Å². The maximum Gasteiger partial charge on any atom is 0.337 e. The molecule has 1 aliphatic carbocycles. The first-order valence-electron chi connectivity index (χ1n) is 6.54. The lowest BCUT2D eigenvalue weighted by atomic mass is 9.82. The summed E-state index contributed by atoms with van der Waals surface area (Å²) in [6, 6.07) is 1.20. The molecule has 2 heterocycles. The van der Waals surface area contributed by atoms with Crippen LogP contribution in [0.15, 0.2) is 24.9 Å². The highest BCUT2D eigenvalue weighted by Gasteiger charge is 2.24. The summed E-state index contributed by atoms with van der Waals surface area (Å²) in [5.74, 6) is -0.129. The van der Waals surface area contributed by atoms with Gasteiger partial charge in [0.1, 0.15) is 5.39 Å². The van der Waals surface area contributed by atoms with E-state index in [4.69, 9.17) is 12.3 Å². The maximum absolute atomic E-state index is 12.5. The first-order valence-corrected chi connectivity index (χ1v) is 6.54. The summed E-state index contributed by atoms with van der Waals surface area (Å²) in [5, 5.41) is 0.180. The summed E-state index contributed by atoms with van der Waals surface area (Å²) in [4.78, 5) is 38.3.